The average molecular weight is 280 g/mol. The summed E-state index contributed by atoms with van der Waals surface area (Å²) in [7, 11) is 0. The van der Waals surface area contributed by atoms with Crippen molar-refractivity contribution in [3.8, 4) is 0 Å². The van der Waals surface area contributed by atoms with Gasteiger partial charge in [-0.2, -0.15) is 0 Å². The van der Waals surface area contributed by atoms with E-state index in [0.29, 0.717) is 18.2 Å². The Balaban J connectivity index is 1.78. The first kappa shape index (κ1) is 13.1. The molecule has 2 heterocycles. The van der Waals surface area contributed by atoms with Crippen LogP contribution < -0.4 is 0 Å². The molecule has 1 aromatic rings. The fourth-order valence-corrected chi connectivity index (χ4v) is 2.46. The van der Waals surface area contributed by atoms with Crippen LogP contribution in [0.1, 0.15) is 41.9 Å². The van der Waals surface area contributed by atoms with E-state index in [0.717, 1.165) is 12.8 Å². The van der Waals surface area contributed by atoms with Crippen LogP contribution in [0.25, 0.3) is 0 Å². The summed E-state index contributed by atoms with van der Waals surface area (Å²) in [5.41, 5.74) is 0.695. The molecule has 2 atom stereocenters. The highest BCUT2D eigenvalue weighted by Gasteiger charge is 2.37. The minimum absolute atomic E-state index is 0.0311. The summed E-state index contributed by atoms with van der Waals surface area (Å²) >= 11 is 0. The quantitative estimate of drug-likeness (QED) is 0.883. The van der Waals surface area contributed by atoms with E-state index in [9.17, 15) is 9.59 Å². The Bertz CT molecular complexity index is 537. The lowest BCUT2D eigenvalue weighted by molar-refractivity contribution is -0.160. The van der Waals surface area contributed by atoms with Crippen molar-refractivity contribution in [2.24, 2.45) is 0 Å². The fraction of sp³-hybridized carbons (Fsp3) is 0.615. The van der Waals surface area contributed by atoms with Gasteiger partial charge in [-0.15, -0.1) is 0 Å². The van der Waals surface area contributed by atoms with Crippen LogP contribution in [0.5, 0.6) is 0 Å². The molecule has 0 spiro atoms. The Labute approximate surface area is 115 Å². The summed E-state index contributed by atoms with van der Waals surface area (Å²) in [6.07, 6.45) is 2.00. The van der Waals surface area contributed by atoms with Crippen LogP contribution in [-0.4, -0.2) is 52.2 Å². The molecule has 20 heavy (non-hydrogen) atoms. The number of nitrogens with zero attached hydrogens (tertiary/aromatic N) is 2. The van der Waals surface area contributed by atoms with Crippen LogP contribution in [0.3, 0.4) is 0 Å². The minimum Gasteiger partial charge on any atom is -0.479 e. The van der Waals surface area contributed by atoms with E-state index in [1.54, 1.807) is 6.92 Å². The third-order valence-electron chi connectivity index (χ3n) is 3.58. The molecular weight excluding hydrogens is 264 g/mol. The number of carbonyl (C=O) groups excluding carboxylic acids is 1. The maximum Gasteiger partial charge on any atom is 0.334 e. The van der Waals surface area contributed by atoms with Gasteiger partial charge in [0.15, 0.2) is 12.5 Å². The van der Waals surface area contributed by atoms with Crippen LogP contribution in [0.15, 0.2) is 10.8 Å². The van der Waals surface area contributed by atoms with Crippen molar-refractivity contribution < 1.29 is 23.8 Å². The molecular formula is C13H16N2O5. The van der Waals surface area contributed by atoms with Gasteiger partial charge in [0, 0.05) is 12.5 Å². The van der Waals surface area contributed by atoms with E-state index in [-0.39, 0.29) is 24.3 Å². The lowest BCUT2D eigenvalue weighted by atomic mass is 10.1. The van der Waals surface area contributed by atoms with Gasteiger partial charge in [-0.25, -0.2) is 9.78 Å². The van der Waals surface area contributed by atoms with Gasteiger partial charge in [0.25, 0.3) is 5.91 Å². The summed E-state index contributed by atoms with van der Waals surface area (Å²) in [4.78, 5) is 29.1. The zero-order chi connectivity index (χ0) is 14.3. The van der Waals surface area contributed by atoms with E-state index in [1.807, 2.05) is 0 Å². The molecule has 1 aliphatic carbocycles. The summed E-state index contributed by atoms with van der Waals surface area (Å²) in [5, 5.41) is 9.04. The first-order chi connectivity index (χ1) is 9.56. The van der Waals surface area contributed by atoms with Crippen LogP contribution in [-0.2, 0) is 9.53 Å². The van der Waals surface area contributed by atoms with Crippen molar-refractivity contribution in [3.63, 3.8) is 0 Å². The van der Waals surface area contributed by atoms with E-state index in [4.69, 9.17) is 14.3 Å². The van der Waals surface area contributed by atoms with Gasteiger partial charge in [-0.1, -0.05) is 0 Å². The zero-order valence-corrected chi connectivity index (χ0v) is 11.1. The number of carboxylic acid groups (broad SMARTS) is 1. The maximum absolute atomic E-state index is 12.5. The second-order valence-corrected chi connectivity index (χ2v) is 5.32. The van der Waals surface area contributed by atoms with E-state index < -0.39 is 12.1 Å². The summed E-state index contributed by atoms with van der Waals surface area (Å²) in [6.45, 7) is 2.13. The lowest BCUT2D eigenvalue weighted by Crippen LogP contribution is -2.51. The van der Waals surface area contributed by atoms with Crippen LogP contribution >= 0.6 is 0 Å². The van der Waals surface area contributed by atoms with Gasteiger partial charge in [0.1, 0.15) is 0 Å². The predicted molar refractivity (Wildman–Crippen MR) is 66.4 cm³/mol. The number of hydrogen-bond donors (Lipinski definition) is 1. The Morgan fingerprint density at radius 3 is 2.80 bits per heavy atom. The molecule has 0 radical (unpaired) electrons. The molecule has 1 aliphatic heterocycles. The Morgan fingerprint density at radius 1 is 1.40 bits per heavy atom. The van der Waals surface area contributed by atoms with Crippen LogP contribution in [0.4, 0.5) is 0 Å². The summed E-state index contributed by atoms with van der Waals surface area (Å²) in [6, 6.07) is 0. The lowest BCUT2D eigenvalue weighted by Gasteiger charge is -2.34. The SMILES string of the molecule is C[C@@H]1CN(C(=O)c2ocnc2C2CC2)C[C@H](C(=O)O)O1. The molecule has 1 aromatic heterocycles. The number of ether oxygens (including phenoxy) is 1. The van der Waals surface area contributed by atoms with E-state index >= 15 is 0 Å². The highest BCUT2D eigenvalue weighted by Crippen LogP contribution is 2.41. The molecule has 108 valence electrons. The zero-order valence-electron chi connectivity index (χ0n) is 11.1. The van der Waals surface area contributed by atoms with E-state index in [1.165, 1.54) is 11.3 Å². The molecule has 1 amide bonds. The number of morpholine rings is 1. The number of hydrogen-bond acceptors (Lipinski definition) is 5. The first-order valence-corrected chi connectivity index (χ1v) is 6.67. The molecule has 1 N–H and O–H groups in total. The predicted octanol–water partition coefficient (Wildman–Crippen LogP) is 0.866. The Morgan fingerprint density at radius 2 is 2.15 bits per heavy atom. The highest BCUT2D eigenvalue weighted by atomic mass is 16.5. The second kappa shape index (κ2) is 4.90. The summed E-state index contributed by atoms with van der Waals surface area (Å²) < 4.78 is 10.5. The Kier molecular flexibility index (Phi) is 3.21. The molecule has 3 rings (SSSR count). The van der Waals surface area contributed by atoms with Crippen molar-refractivity contribution in [3.05, 3.63) is 17.8 Å². The van der Waals surface area contributed by atoms with Gasteiger partial charge in [-0.3, -0.25) is 4.79 Å². The third kappa shape index (κ3) is 2.40. The molecule has 2 aliphatic rings. The Hall–Kier alpha value is -1.89. The molecule has 1 saturated carbocycles. The molecule has 0 aromatic carbocycles. The van der Waals surface area contributed by atoms with Crippen molar-refractivity contribution in [2.75, 3.05) is 13.1 Å². The fourth-order valence-electron chi connectivity index (χ4n) is 2.46. The minimum atomic E-state index is -1.06. The number of aromatic nitrogens is 1. The molecule has 0 unspecified atom stereocenters. The first-order valence-electron chi connectivity index (χ1n) is 6.67. The van der Waals surface area contributed by atoms with Crippen molar-refractivity contribution in [1.29, 1.82) is 0 Å². The normalized spacial score (nSPS) is 26.6. The maximum atomic E-state index is 12.5. The molecule has 7 nitrogen and oxygen atoms in total. The standard InChI is InChI=1S/C13H16N2O5/c1-7-4-15(5-9(20-7)13(17)18)12(16)11-10(8-2-3-8)14-6-19-11/h6-9H,2-5H2,1H3,(H,17,18)/t7-,9-/m1/s1. The van der Waals surface area contributed by atoms with Crippen molar-refractivity contribution >= 4 is 11.9 Å². The van der Waals surface area contributed by atoms with Gasteiger partial charge in [0.05, 0.1) is 18.3 Å². The van der Waals surface area contributed by atoms with Gasteiger partial charge >= 0.3 is 5.97 Å². The molecule has 7 heteroatoms. The largest absolute Gasteiger partial charge is 0.479 e. The number of amides is 1. The van der Waals surface area contributed by atoms with Crippen LogP contribution in [0, 0.1) is 0 Å². The van der Waals surface area contributed by atoms with Crippen molar-refractivity contribution in [2.45, 2.75) is 37.9 Å². The third-order valence-corrected chi connectivity index (χ3v) is 3.58. The molecule has 0 bridgehead atoms. The number of carbonyl (C=O) groups is 2. The number of rotatable bonds is 3. The molecule has 1 saturated heterocycles. The topological polar surface area (TPSA) is 92.9 Å². The number of oxazole rings is 1. The van der Waals surface area contributed by atoms with E-state index in [2.05, 4.69) is 4.98 Å². The van der Waals surface area contributed by atoms with Gasteiger partial charge in [0.2, 0.25) is 5.76 Å². The second-order valence-electron chi connectivity index (χ2n) is 5.32. The average Bonchev–Trinajstić information content (AvgIpc) is 3.14. The highest BCUT2D eigenvalue weighted by molar-refractivity contribution is 5.93. The molecule has 2 fully saturated rings. The van der Waals surface area contributed by atoms with Gasteiger partial charge < -0.3 is 19.2 Å². The monoisotopic (exact) mass is 280 g/mol. The van der Waals surface area contributed by atoms with Crippen LogP contribution in [0.2, 0.25) is 0 Å². The van der Waals surface area contributed by atoms with Gasteiger partial charge in [-0.05, 0) is 19.8 Å². The summed E-state index contributed by atoms with van der Waals surface area (Å²) in [5.74, 6) is -0.813. The number of aliphatic carboxylic acids is 1. The number of carboxylic acids is 1. The van der Waals surface area contributed by atoms with Crippen molar-refractivity contribution in [1.82, 2.24) is 9.88 Å². The smallest absolute Gasteiger partial charge is 0.334 e.